The monoisotopic (exact) mass is 481 g/mol. The van der Waals surface area contributed by atoms with Gasteiger partial charge in [0.1, 0.15) is 0 Å². The predicted octanol–water partition coefficient (Wildman–Crippen LogP) is 3.77. The molecule has 2 aromatic heterocycles. The summed E-state index contributed by atoms with van der Waals surface area (Å²) < 4.78 is 1.16. The molecule has 2 aliphatic heterocycles. The number of hydrogen-bond donors (Lipinski definition) is 0. The maximum Gasteiger partial charge on any atom is 0.263 e. The molecular weight excluding hydrogens is 458 g/mol. The summed E-state index contributed by atoms with van der Waals surface area (Å²) in [7, 11) is 0. The van der Waals surface area contributed by atoms with E-state index < -0.39 is 0 Å². The van der Waals surface area contributed by atoms with Crippen LogP contribution in [0.15, 0.2) is 33.4 Å². The summed E-state index contributed by atoms with van der Waals surface area (Å²) in [6.45, 7) is 5.63. The molecule has 4 heterocycles. The molecule has 0 N–H and O–H groups in total. The van der Waals surface area contributed by atoms with Crippen LogP contribution in [-0.2, 0) is 11.3 Å². The molecular formula is C20H24BrN3O2S2. The number of piperidine rings is 1. The molecule has 1 unspecified atom stereocenters. The number of nitrogens with zero attached hydrogens (tertiary/aromatic N) is 3. The van der Waals surface area contributed by atoms with E-state index in [2.05, 4.69) is 33.0 Å². The van der Waals surface area contributed by atoms with Crippen molar-refractivity contribution in [3.8, 4) is 0 Å². The van der Waals surface area contributed by atoms with E-state index in [0.717, 1.165) is 60.8 Å². The fourth-order valence-electron chi connectivity index (χ4n) is 3.96. The van der Waals surface area contributed by atoms with E-state index in [4.69, 9.17) is 0 Å². The smallest absolute Gasteiger partial charge is 0.263 e. The van der Waals surface area contributed by atoms with Crippen LogP contribution in [0.25, 0.3) is 0 Å². The second-order valence-electron chi connectivity index (χ2n) is 7.37. The lowest BCUT2D eigenvalue weighted by Gasteiger charge is -2.38. The molecule has 4 rings (SSSR count). The van der Waals surface area contributed by atoms with Crippen molar-refractivity contribution in [1.29, 1.82) is 0 Å². The molecule has 0 saturated carbocycles. The molecule has 8 heteroatoms. The molecule has 2 fully saturated rings. The molecule has 0 aromatic carbocycles. The molecule has 28 heavy (non-hydrogen) atoms. The summed E-state index contributed by atoms with van der Waals surface area (Å²) >= 11 is 6.76. The molecule has 0 aliphatic carbocycles. The molecule has 2 amide bonds. The Bertz CT molecular complexity index is 815. The first-order valence-electron chi connectivity index (χ1n) is 9.68. The largest absolute Gasteiger partial charge is 0.340 e. The van der Waals surface area contributed by atoms with Crippen LogP contribution in [0.1, 0.15) is 27.4 Å². The molecule has 0 radical (unpaired) electrons. The first kappa shape index (κ1) is 20.1. The van der Waals surface area contributed by atoms with Crippen LogP contribution >= 0.6 is 38.6 Å². The number of likely N-dealkylation sites (tertiary alicyclic amines) is 1. The van der Waals surface area contributed by atoms with E-state index in [1.807, 2.05) is 27.3 Å². The Morgan fingerprint density at radius 2 is 1.89 bits per heavy atom. The summed E-state index contributed by atoms with van der Waals surface area (Å²) in [4.78, 5) is 34.1. The molecule has 0 bridgehead atoms. The number of rotatable bonds is 4. The Hall–Kier alpha value is -1.22. The van der Waals surface area contributed by atoms with Gasteiger partial charge in [-0.2, -0.15) is 0 Å². The minimum Gasteiger partial charge on any atom is -0.340 e. The Kier molecular flexibility index (Phi) is 6.50. The van der Waals surface area contributed by atoms with E-state index in [0.29, 0.717) is 6.54 Å². The zero-order valence-electron chi connectivity index (χ0n) is 15.7. The Morgan fingerprint density at radius 1 is 1.07 bits per heavy atom. The number of carbonyl (C=O) groups is 2. The highest BCUT2D eigenvalue weighted by molar-refractivity contribution is 9.11. The van der Waals surface area contributed by atoms with Crippen LogP contribution in [0.2, 0.25) is 0 Å². The van der Waals surface area contributed by atoms with Gasteiger partial charge in [0.05, 0.1) is 14.6 Å². The highest BCUT2D eigenvalue weighted by Crippen LogP contribution is 2.25. The van der Waals surface area contributed by atoms with Crippen LogP contribution in [-0.4, -0.2) is 65.8 Å². The summed E-state index contributed by atoms with van der Waals surface area (Å²) in [5.41, 5.74) is 0. The number of piperazine rings is 1. The molecule has 5 nitrogen and oxygen atoms in total. The molecule has 0 spiro atoms. The van der Waals surface area contributed by atoms with E-state index in [1.54, 1.807) is 11.3 Å². The van der Waals surface area contributed by atoms with Crippen molar-refractivity contribution in [2.45, 2.75) is 19.4 Å². The van der Waals surface area contributed by atoms with Crippen molar-refractivity contribution in [1.82, 2.24) is 14.7 Å². The fraction of sp³-hybridized carbons (Fsp3) is 0.500. The van der Waals surface area contributed by atoms with Crippen LogP contribution in [0.4, 0.5) is 0 Å². The standard InChI is InChI=1S/C20H24BrN3O2S2/c21-18-6-5-16(28-18)14-22-8-10-23(11-9-22)19(25)15-3-1-7-24(13-15)20(26)17-4-2-12-27-17/h2,4-6,12,15H,1,3,7-11,13-14H2. The zero-order chi connectivity index (χ0) is 19.5. The van der Waals surface area contributed by atoms with Gasteiger partial charge in [0.2, 0.25) is 5.91 Å². The van der Waals surface area contributed by atoms with Crippen molar-refractivity contribution >= 4 is 50.4 Å². The number of halogens is 1. The van der Waals surface area contributed by atoms with E-state index in [9.17, 15) is 9.59 Å². The number of hydrogen-bond acceptors (Lipinski definition) is 5. The average Bonchev–Trinajstić information content (AvgIpc) is 3.40. The van der Waals surface area contributed by atoms with Gasteiger partial charge < -0.3 is 9.80 Å². The van der Waals surface area contributed by atoms with E-state index >= 15 is 0 Å². The van der Waals surface area contributed by atoms with Gasteiger partial charge in [-0.3, -0.25) is 14.5 Å². The fourth-order valence-corrected chi connectivity index (χ4v) is 6.18. The predicted molar refractivity (Wildman–Crippen MR) is 117 cm³/mol. The van der Waals surface area contributed by atoms with Crippen molar-refractivity contribution in [2.24, 2.45) is 5.92 Å². The lowest BCUT2D eigenvalue weighted by Crippen LogP contribution is -2.52. The van der Waals surface area contributed by atoms with Crippen LogP contribution in [0, 0.1) is 5.92 Å². The Balaban J connectivity index is 1.29. The highest BCUT2D eigenvalue weighted by atomic mass is 79.9. The van der Waals surface area contributed by atoms with Crippen LogP contribution in [0.5, 0.6) is 0 Å². The molecule has 150 valence electrons. The van der Waals surface area contributed by atoms with Gasteiger partial charge >= 0.3 is 0 Å². The lowest BCUT2D eigenvalue weighted by molar-refractivity contribution is -0.138. The second kappa shape index (κ2) is 9.07. The quantitative estimate of drug-likeness (QED) is 0.667. The SMILES string of the molecule is O=C(c1cccs1)N1CCCC(C(=O)N2CCN(Cc3ccc(Br)s3)CC2)C1. The Morgan fingerprint density at radius 3 is 2.57 bits per heavy atom. The normalized spacial score (nSPS) is 21.1. The molecule has 1 atom stereocenters. The van der Waals surface area contributed by atoms with Crippen molar-refractivity contribution in [2.75, 3.05) is 39.3 Å². The number of carbonyl (C=O) groups excluding carboxylic acids is 2. The summed E-state index contributed by atoms with van der Waals surface area (Å²) in [6, 6.07) is 8.02. The van der Waals surface area contributed by atoms with Crippen molar-refractivity contribution < 1.29 is 9.59 Å². The van der Waals surface area contributed by atoms with Crippen LogP contribution < -0.4 is 0 Å². The lowest BCUT2D eigenvalue weighted by atomic mass is 9.96. The topological polar surface area (TPSA) is 43.9 Å². The van der Waals surface area contributed by atoms with Crippen molar-refractivity contribution in [3.05, 3.63) is 43.2 Å². The molecule has 2 aliphatic rings. The van der Waals surface area contributed by atoms with Gasteiger partial charge in [-0.05, 0) is 52.4 Å². The average molecular weight is 482 g/mol. The maximum absolute atomic E-state index is 13.0. The van der Waals surface area contributed by atoms with Gasteiger partial charge in [0.15, 0.2) is 0 Å². The Labute approximate surface area is 182 Å². The van der Waals surface area contributed by atoms with Gasteiger partial charge in [0, 0.05) is 50.7 Å². The van der Waals surface area contributed by atoms with E-state index in [-0.39, 0.29) is 17.7 Å². The molecule has 2 aromatic rings. The number of amides is 2. The second-order valence-corrected chi connectivity index (χ2v) is 10.9. The third-order valence-corrected chi connectivity index (χ3v) is 7.95. The third-order valence-electron chi connectivity index (χ3n) is 5.48. The highest BCUT2D eigenvalue weighted by Gasteiger charge is 2.33. The minimum absolute atomic E-state index is 0.0579. The minimum atomic E-state index is -0.0579. The van der Waals surface area contributed by atoms with Crippen LogP contribution in [0.3, 0.4) is 0 Å². The van der Waals surface area contributed by atoms with Gasteiger partial charge in [-0.1, -0.05) is 6.07 Å². The molecule has 2 saturated heterocycles. The third kappa shape index (κ3) is 4.67. The van der Waals surface area contributed by atoms with Gasteiger partial charge in [-0.15, -0.1) is 22.7 Å². The number of thiophene rings is 2. The first-order valence-corrected chi connectivity index (χ1v) is 12.2. The van der Waals surface area contributed by atoms with Crippen molar-refractivity contribution in [3.63, 3.8) is 0 Å². The first-order chi connectivity index (χ1) is 13.6. The maximum atomic E-state index is 13.0. The summed E-state index contributed by atoms with van der Waals surface area (Å²) in [5, 5.41) is 1.92. The zero-order valence-corrected chi connectivity index (χ0v) is 18.9. The summed E-state index contributed by atoms with van der Waals surface area (Å²) in [5.74, 6) is 0.235. The van der Waals surface area contributed by atoms with Gasteiger partial charge in [-0.25, -0.2) is 0 Å². The summed E-state index contributed by atoms with van der Waals surface area (Å²) in [6.07, 6.45) is 1.79. The van der Waals surface area contributed by atoms with E-state index in [1.165, 1.54) is 16.2 Å². The van der Waals surface area contributed by atoms with Gasteiger partial charge in [0.25, 0.3) is 5.91 Å².